The Hall–Kier alpha value is -7.62. The maximum atomic E-state index is 10.1. The van der Waals surface area contributed by atoms with Gasteiger partial charge in [-0.3, -0.25) is 4.57 Å². The van der Waals surface area contributed by atoms with Crippen molar-refractivity contribution >= 4 is 87.2 Å². The zero-order valence-corrected chi connectivity index (χ0v) is 30.7. The van der Waals surface area contributed by atoms with Gasteiger partial charge in [0.15, 0.2) is 0 Å². The predicted molar refractivity (Wildman–Crippen MR) is 231 cm³/mol. The van der Waals surface area contributed by atoms with Crippen molar-refractivity contribution in [3.05, 3.63) is 163 Å². The SMILES string of the molecule is Cn1c2ccccc2c2ccc3c4ccccc4n(-c4cc(-c5cccc(C#N)c5)c(-n5c6ccccc6c6ccc7c8ccccc8n(C)c7c65)cn4)c3c21. The smallest absolute Gasteiger partial charge is 0.138 e. The van der Waals surface area contributed by atoms with Gasteiger partial charge in [-0.2, -0.15) is 5.26 Å². The van der Waals surface area contributed by atoms with Crippen LogP contribution in [-0.4, -0.2) is 23.3 Å². The monoisotopic (exact) mass is 716 g/mol. The Labute approximate surface area is 320 Å². The van der Waals surface area contributed by atoms with Crippen molar-refractivity contribution in [3.8, 4) is 28.7 Å². The van der Waals surface area contributed by atoms with Crippen LogP contribution in [0.4, 0.5) is 0 Å². The van der Waals surface area contributed by atoms with Crippen LogP contribution in [0.2, 0.25) is 0 Å². The highest BCUT2D eigenvalue weighted by Crippen LogP contribution is 2.44. The number of hydrogen-bond acceptors (Lipinski definition) is 2. The van der Waals surface area contributed by atoms with Gasteiger partial charge in [-0.05, 0) is 48.0 Å². The Bertz CT molecular complexity index is 3690. The van der Waals surface area contributed by atoms with Crippen molar-refractivity contribution in [2.75, 3.05) is 0 Å². The lowest BCUT2D eigenvalue weighted by atomic mass is 10.0. The number of aromatic nitrogens is 5. The Kier molecular flexibility index (Phi) is 6.16. The third kappa shape index (κ3) is 3.96. The van der Waals surface area contributed by atoms with E-state index >= 15 is 0 Å². The Balaban J connectivity index is 1.24. The zero-order valence-electron chi connectivity index (χ0n) is 30.7. The molecule has 0 atom stereocenters. The van der Waals surface area contributed by atoms with Crippen molar-refractivity contribution in [2.45, 2.75) is 0 Å². The van der Waals surface area contributed by atoms with Gasteiger partial charge in [0, 0.05) is 73.8 Å². The summed E-state index contributed by atoms with van der Waals surface area (Å²) in [6, 6.07) is 56.2. The predicted octanol–water partition coefficient (Wildman–Crippen LogP) is 12.1. The summed E-state index contributed by atoms with van der Waals surface area (Å²) in [5.41, 5.74) is 12.6. The lowest BCUT2D eigenvalue weighted by Crippen LogP contribution is -2.04. The van der Waals surface area contributed by atoms with Crippen molar-refractivity contribution < 1.29 is 0 Å². The number of pyridine rings is 1. The summed E-state index contributed by atoms with van der Waals surface area (Å²) in [5.74, 6) is 0.811. The van der Waals surface area contributed by atoms with Crippen molar-refractivity contribution in [1.29, 1.82) is 5.26 Å². The molecule has 12 rings (SSSR count). The maximum Gasteiger partial charge on any atom is 0.138 e. The van der Waals surface area contributed by atoms with Crippen LogP contribution in [0, 0.1) is 11.3 Å². The zero-order chi connectivity index (χ0) is 37.2. The van der Waals surface area contributed by atoms with Crippen LogP contribution in [-0.2, 0) is 14.1 Å². The Morgan fingerprint density at radius 1 is 0.446 bits per heavy atom. The third-order valence-corrected chi connectivity index (χ3v) is 12.0. The Morgan fingerprint density at radius 2 is 0.911 bits per heavy atom. The summed E-state index contributed by atoms with van der Waals surface area (Å²) in [5, 5.41) is 19.7. The topological polar surface area (TPSA) is 56.4 Å². The van der Waals surface area contributed by atoms with Crippen LogP contribution in [0.5, 0.6) is 0 Å². The summed E-state index contributed by atoms with van der Waals surface area (Å²) in [4.78, 5) is 5.42. The van der Waals surface area contributed by atoms with Crippen LogP contribution >= 0.6 is 0 Å². The summed E-state index contributed by atoms with van der Waals surface area (Å²) >= 11 is 0. The van der Waals surface area contributed by atoms with Crippen LogP contribution in [0.15, 0.2) is 158 Å². The first-order valence-electron chi connectivity index (χ1n) is 18.9. The molecule has 0 fully saturated rings. The quantitative estimate of drug-likeness (QED) is 0.183. The molecule has 6 nitrogen and oxygen atoms in total. The van der Waals surface area contributed by atoms with Gasteiger partial charge in [0.1, 0.15) is 5.82 Å². The molecule has 0 unspecified atom stereocenters. The summed E-state index contributed by atoms with van der Waals surface area (Å²) in [6.07, 6.45) is 2.04. The number of rotatable bonds is 3. The highest BCUT2D eigenvalue weighted by molar-refractivity contribution is 6.24. The van der Waals surface area contributed by atoms with Gasteiger partial charge in [0.2, 0.25) is 0 Å². The summed E-state index contributed by atoms with van der Waals surface area (Å²) in [7, 11) is 4.33. The van der Waals surface area contributed by atoms with Gasteiger partial charge < -0.3 is 13.7 Å². The number of hydrogen-bond donors (Lipinski definition) is 0. The number of para-hydroxylation sites is 4. The average Bonchev–Trinajstić information content (AvgIpc) is 3.96. The lowest BCUT2D eigenvalue weighted by Gasteiger charge is -2.17. The minimum absolute atomic E-state index is 0.610. The molecule has 0 radical (unpaired) electrons. The van der Waals surface area contributed by atoms with Crippen molar-refractivity contribution in [3.63, 3.8) is 0 Å². The molecule has 12 aromatic rings. The normalized spacial score (nSPS) is 12.1. The third-order valence-electron chi connectivity index (χ3n) is 12.0. The molecule has 0 bridgehead atoms. The molecule has 0 aliphatic carbocycles. The van der Waals surface area contributed by atoms with Crippen LogP contribution in [0.3, 0.4) is 0 Å². The van der Waals surface area contributed by atoms with E-state index in [0.29, 0.717) is 5.56 Å². The van der Waals surface area contributed by atoms with Gasteiger partial charge in [0.25, 0.3) is 0 Å². The van der Waals surface area contributed by atoms with Gasteiger partial charge in [-0.1, -0.05) is 109 Å². The molecule has 0 aliphatic heterocycles. The average molecular weight is 717 g/mol. The molecule has 56 heavy (non-hydrogen) atoms. The van der Waals surface area contributed by atoms with Crippen LogP contribution in [0.25, 0.3) is 110 Å². The standard InChI is InChI=1S/C50H32N6/c1-53-41-18-7-3-14-32(41)36-22-24-38-34-16-5-9-20-43(34)55(49(38)47(36)53)45-29-52-46(27-40(45)31-13-11-12-30(26-31)28-51)56-44-21-10-6-17-35(44)39-25-23-37-33-15-4-8-19-42(33)54(2)48(37)50(39)56/h3-27,29H,1-2H3. The van der Waals surface area contributed by atoms with E-state index in [9.17, 15) is 5.26 Å². The van der Waals surface area contributed by atoms with Gasteiger partial charge in [0.05, 0.1) is 56.6 Å². The van der Waals surface area contributed by atoms with E-state index < -0.39 is 0 Å². The van der Waals surface area contributed by atoms with Gasteiger partial charge in [-0.15, -0.1) is 0 Å². The molecule has 0 saturated heterocycles. The second-order valence-corrected chi connectivity index (χ2v) is 14.8. The van der Waals surface area contributed by atoms with Crippen molar-refractivity contribution in [1.82, 2.24) is 23.3 Å². The Morgan fingerprint density at radius 3 is 1.46 bits per heavy atom. The largest absolute Gasteiger partial charge is 0.342 e. The second-order valence-electron chi connectivity index (χ2n) is 14.8. The second kappa shape index (κ2) is 11.2. The highest BCUT2D eigenvalue weighted by atomic mass is 15.1. The number of fused-ring (bicyclic) bond motifs is 14. The molecule has 5 heterocycles. The summed E-state index contributed by atoms with van der Waals surface area (Å²) < 4.78 is 9.38. The number of nitrogens with zero attached hydrogens (tertiary/aromatic N) is 6. The molecule has 0 amide bonds. The first-order chi connectivity index (χ1) is 27.6. The first-order valence-corrected chi connectivity index (χ1v) is 18.9. The number of aryl methyl sites for hydroxylation is 2. The first kappa shape index (κ1) is 30.8. The van der Waals surface area contributed by atoms with E-state index in [1.165, 1.54) is 65.2 Å². The van der Waals surface area contributed by atoms with Gasteiger partial charge in [-0.25, -0.2) is 4.98 Å². The molecule has 0 saturated carbocycles. The molecular weight excluding hydrogens is 685 g/mol. The fourth-order valence-electron chi connectivity index (χ4n) is 9.64. The van der Waals surface area contributed by atoms with E-state index in [0.717, 1.165) is 44.7 Å². The minimum atomic E-state index is 0.610. The fourth-order valence-corrected chi connectivity index (χ4v) is 9.64. The van der Waals surface area contributed by atoms with E-state index in [2.05, 4.69) is 172 Å². The van der Waals surface area contributed by atoms with Crippen LogP contribution in [0.1, 0.15) is 5.56 Å². The number of nitriles is 1. The van der Waals surface area contributed by atoms with E-state index in [4.69, 9.17) is 4.98 Å². The molecule has 6 heteroatoms. The van der Waals surface area contributed by atoms with E-state index in [1.807, 2.05) is 24.4 Å². The molecule has 5 aromatic heterocycles. The summed E-state index contributed by atoms with van der Waals surface area (Å²) in [6.45, 7) is 0. The molecule has 0 N–H and O–H groups in total. The maximum absolute atomic E-state index is 10.1. The molecular formula is C50H32N6. The fraction of sp³-hybridized carbons (Fsp3) is 0.0400. The molecule has 262 valence electrons. The molecule has 0 spiro atoms. The number of benzene rings is 7. The van der Waals surface area contributed by atoms with Crippen LogP contribution < -0.4 is 0 Å². The van der Waals surface area contributed by atoms with E-state index in [-0.39, 0.29) is 0 Å². The molecule has 0 aliphatic rings. The minimum Gasteiger partial charge on any atom is -0.342 e. The van der Waals surface area contributed by atoms with E-state index in [1.54, 1.807) is 0 Å². The van der Waals surface area contributed by atoms with Crippen molar-refractivity contribution in [2.24, 2.45) is 14.1 Å². The molecule has 7 aromatic carbocycles. The van der Waals surface area contributed by atoms with Gasteiger partial charge >= 0.3 is 0 Å². The lowest BCUT2D eigenvalue weighted by molar-refractivity contribution is 1.00. The highest BCUT2D eigenvalue weighted by Gasteiger charge is 2.24.